The van der Waals surface area contributed by atoms with E-state index in [1.165, 1.54) is 12.1 Å². The van der Waals surface area contributed by atoms with Gasteiger partial charge in [-0.1, -0.05) is 0 Å². The molecule has 6 heteroatoms. The minimum Gasteiger partial charge on any atom is -0.368 e. The van der Waals surface area contributed by atoms with Gasteiger partial charge in [0.25, 0.3) is 5.91 Å². The number of H-pyrrole nitrogens is 1. The number of fused-ring (bicyclic) bond motifs is 1. The lowest BCUT2D eigenvalue weighted by atomic mass is 10.1. The predicted octanol–water partition coefficient (Wildman–Crippen LogP) is 3.88. The van der Waals surface area contributed by atoms with E-state index in [2.05, 4.69) is 15.3 Å². The molecule has 2 aromatic carbocycles. The number of aromatic amines is 1. The van der Waals surface area contributed by atoms with E-state index in [1.54, 1.807) is 6.07 Å². The average Bonchev–Trinajstić information content (AvgIpc) is 3.06. The molecular weight excluding hydrogens is 321 g/mol. The highest BCUT2D eigenvalue weighted by molar-refractivity contribution is 5.94. The summed E-state index contributed by atoms with van der Waals surface area (Å²) in [6, 6.07) is 11.8. The molecule has 1 aromatic heterocycles. The number of rotatable bonds is 3. The number of hydrogen-bond acceptors (Lipinski definition) is 3. The summed E-state index contributed by atoms with van der Waals surface area (Å²) in [6.45, 7) is 0.643. The van der Waals surface area contributed by atoms with E-state index in [-0.39, 0.29) is 17.8 Å². The highest BCUT2D eigenvalue weighted by Crippen LogP contribution is 2.23. The van der Waals surface area contributed by atoms with Crippen LogP contribution in [-0.2, 0) is 9.53 Å². The summed E-state index contributed by atoms with van der Waals surface area (Å²) in [5.74, 6) is 0.256. The van der Waals surface area contributed by atoms with E-state index in [9.17, 15) is 9.18 Å². The quantitative estimate of drug-likeness (QED) is 0.761. The van der Waals surface area contributed by atoms with Crippen molar-refractivity contribution >= 4 is 22.6 Å². The molecule has 0 bridgehead atoms. The molecule has 25 heavy (non-hydrogen) atoms. The first kappa shape index (κ1) is 15.8. The minimum atomic E-state index is -0.362. The summed E-state index contributed by atoms with van der Waals surface area (Å²) in [7, 11) is 0. The maximum absolute atomic E-state index is 13.3. The number of nitrogens with one attached hydrogen (secondary N) is 2. The lowest BCUT2D eigenvalue weighted by molar-refractivity contribution is -0.129. The van der Waals surface area contributed by atoms with E-state index in [0.717, 1.165) is 24.8 Å². The highest BCUT2D eigenvalue weighted by Gasteiger charge is 2.21. The van der Waals surface area contributed by atoms with E-state index in [4.69, 9.17) is 4.74 Å². The Labute approximate surface area is 144 Å². The molecule has 1 unspecified atom stereocenters. The molecule has 0 spiro atoms. The molecule has 1 aliphatic rings. The maximum Gasteiger partial charge on any atom is 0.253 e. The summed E-state index contributed by atoms with van der Waals surface area (Å²) >= 11 is 0. The van der Waals surface area contributed by atoms with Gasteiger partial charge in [-0.25, -0.2) is 9.37 Å². The third-order valence-corrected chi connectivity index (χ3v) is 4.34. The van der Waals surface area contributed by atoms with Crippen LogP contribution in [0.25, 0.3) is 22.4 Å². The Morgan fingerprint density at radius 1 is 1.20 bits per heavy atom. The molecule has 0 radical (unpaired) electrons. The van der Waals surface area contributed by atoms with Crippen molar-refractivity contribution in [2.75, 3.05) is 11.9 Å². The van der Waals surface area contributed by atoms with Crippen molar-refractivity contribution in [3.8, 4) is 11.4 Å². The van der Waals surface area contributed by atoms with Gasteiger partial charge in [0.05, 0.1) is 11.0 Å². The summed E-state index contributed by atoms with van der Waals surface area (Å²) < 4.78 is 18.8. The molecule has 0 saturated carbocycles. The number of aromatic nitrogens is 2. The number of hydrogen-bond donors (Lipinski definition) is 2. The first-order valence-corrected chi connectivity index (χ1v) is 8.37. The van der Waals surface area contributed by atoms with Crippen LogP contribution in [0, 0.1) is 5.82 Å². The molecule has 1 aliphatic heterocycles. The van der Waals surface area contributed by atoms with Crippen LogP contribution in [0.5, 0.6) is 0 Å². The van der Waals surface area contributed by atoms with Crippen LogP contribution < -0.4 is 5.32 Å². The number of carbonyl (C=O) groups is 1. The predicted molar refractivity (Wildman–Crippen MR) is 93.7 cm³/mol. The Morgan fingerprint density at radius 3 is 2.80 bits per heavy atom. The third-order valence-electron chi connectivity index (χ3n) is 4.34. The number of ether oxygens (including phenoxy) is 1. The molecule has 128 valence electrons. The third kappa shape index (κ3) is 3.39. The smallest absolute Gasteiger partial charge is 0.253 e. The molecule has 0 aliphatic carbocycles. The SMILES string of the molecule is O=C(Nc1ccc(-c2nc3ccc(F)cc3[nH]2)cc1)C1CCCCO1. The van der Waals surface area contributed by atoms with Crippen LogP contribution in [0.15, 0.2) is 42.5 Å². The normalized spacial score (nSPS) is 17.6. The van der Waals surface area contributed by atoms with Crippen molar-refractivity contribution < 1.29 is 13.9 Å². The molecule has 3 aromatic rings. The Bertz CT molecular complexity index is 899. The van der Waals surface area contributed by atoms with Crippen molar-refractivity contribution in [2.45, 2.75) is 25.4 Å². The second-order valence-corrected chi connectivity index (χ2v) is 6.17. The fraction of sp³-hybridized carbons (Fsp3) is 0.263. The number of amides is 1. The molecule has 1 atom stereocenters. The fourth-order valence-corrected chi connectivity index (χ4v) is 3.00. The van der Waals surface area contributed by atoms with E-state index in [0.29, 0.717) is 29.2 Å². The van der Waals surface area contributed by atoms with Crippen LogP contribution in [0.1, 0.15) is 19.3 Å². The largest absolute Gasteiger partial charge is 0.368 e. The molecule has 2 N–H and O–H groups in total. The van der Waals surface area contributed by atoms with Gasteiger partial charge in [-0.05, 0) is 61.7 Å². The minimum absolute atomic E-state index is 0.105. The lowest BCUT2D eigenvalue weighted by Gasteiger charge is -2.21. The average molecular weight is 339 g/mol. The fourth-order valence-electron chi connectivity index (χ4n) is 3.00. The number of benzene rings is 2. The van der Waals surface area contributed by atoms with E-state index < -0.39 is 0 Å². The Kier molecular flexibility index (Phi) is 4.19. The van der Waals surface area contributed by atoms with Gasteiger partial charge in [0.2, 0.25) is 0 Å². The van der Waals surface area contributed by atoms with Crippen molar-refractivity contribution in [1.29, 1.82) is 0 Å². The van der Waals surface area contributed by atoms with Gasteiger partial charge in [0.15, 0.2) is 0 Å². The summed E-state index contributed by atoms with van der Waals surface area (Å²) in [5.41, 5.74) is 2.94. The van der Waals surface area contributed by atoms with Gasteiger partial charge in [0, 0.05) is 17.9 Å². The molecular formula is C19H18FN3O2. The van der Waals surface area contributed by atoms with E-state index >= 15 is 0 Å². The second-order valence-electron chi connectivity index (χ2n) is 6.17. The molecule has 1 saturated heterocycles. The van der Waals surface area contributed by atoms with Crippen LogP contribution in [-0.4, -0.2) is 28.6 Å². The second kappa shape index (κ2) is 6.64. The van der Waals surface area contributed by atoms with Gasteiger partial charge in [-0.3, -0.25) is 4.79 Å². The zero-order valence-corrected chi connectivity index (χ0v) is 13.6. The Balaban J connectivity index is 1.49. The lowest BCUT2D eigenvalue weighted by Crippen LogP contribution is -2.33. The van der Waals surface area contributed by atoms with Crippen LogP contribution >= 0.6 is 0 Å². The molecule has 1 amide bonds. The number of halogens is 1. The standard InChI is InChI=1S/C19H18FN3O2/c20-13-6-9-15-16(11-13)23-18(22-15)12-4-7-14(8-5-12)21-19(24)17-3-1-2-10-25-17/h4-9,11,17H,1-3,10H2,(H,21,24)(H,22,23). The topological polar surface area (TPSA) is 67.0 Å². The number of carbonyl (C=O) groups excluding carboxylic acids is 1. The van der Waals surface area contributed by atoms with Gasteiger partial charge < -0.3 is 15.0 Å². The van der Waals surface area contributed by atoms with Crippen molar-refractivity contribution in [1.82, 2.24) is 9.97 Å². The zero-order valence-electron chi connectivity index (χ0n) is 13.6. The van der Waals surface area contributed by atoms with E-state index in [1.807, 2.05) is 24.3 Å². The summed E-state index contributed by atoms with van der Waals surface area (Å²) in [5, 5.41) is 2.88. The Hall–Kier alpha value is -2.73. The summed E-state index contributed by atoms with van der Waals surface area (Å²) in [6.07, 6.45) is 2.43. The Morgan fingerprint density at radius 2 is 2.04 bits per heavy atom. The molecule has 2 heterocycles. The van der Waals surface area contributed by atoms with Crippen LogP contribution in [0.4, 0.5) is 10.1 Å². The van der Waals surface area contributed by atoms with Gasteiger partial charge >= 0.3 is 0 Å². The number of nitrogens with zero attached hydrogens (tertiary/aromatic N) is 1. The monoisotopic (exact) mass is 339 g/mol. The van der Waals surface area contributed by atoms with Crippen LogP contribution in [0.2, 0.25) is 0 Å². The van der Waals surface area contributed by atoms with Gasteiger partial charge in [-0.2, -0.15) is 0 Å². The van der Waals surface area contributed by atoms with Gasteiger partial charge in [0.1, 0.15) is 17.7 Å². The van der Waals surface area contributed by atoms with Crippen molar-refractivity contribution in [2.24, 2.45) is 0 Å². The zero-order chi connectivity index (χ0) is 17.2. The van der Waals surface area contributed by atoms with Crippen LogP contribution in [0.3, 0.4) is 0 Å². The first-order chi connectivity index (χ1) is 12.2. The molecule has 1 fully saturated rings. The first-order valence-electron chi connectivity index (χ1n) is 8.37. The maximum atomic E-state index is 13.3. The van der Waals surface area contributed by atoms with Crippen molar-refractivity contribution in [3.63, 3.8) is 0 Å². The van der Waals surface area contributed by atoms with Gasteiger partial charge in [-0.15, -0.1) is 0 Å². The highest BCUT2D eigenvalue weighted by atomic mass is 19.1. The van der Waals surface area contributed by atoms with Crippen molar-refractivity contribution in [3.05, 3.63) is 48.3 Å². The molecule has 5 nitrogen and oxygen atoms in total. The number of imidazole rings is 1. The summed E-state index contributed by atoms with van der Waals surface area (Å²) in [4.78, 5) is 19.7. The molecule has 4 rings (SSSR count). The number of anilines is 1.